The molecule has 1 aromatic carbocycles. The third-order valence-corrected chi connectivity index (χ3v) is 3.58. The molecular formula is C14H21ClN2O. The van der Waals surface area contributed by atoms with Crippen LogP contribution in [0.4, 0.5) is 5.69 Å². The minimum atomic E-state index is -0.655. The van der Waals surface area contributed by atoms with Crippen LogP contribution in [0, 0.1) is 13.8 Å². The molecule has 0 spiro atoms. The molecule has 1 aliphatic carbocycles. The van der Waals surface area contributed by atoms with E-state index in [0.29, 0.717) is 0 Å². The van der Waals surface area contributed by atoms with Crippen molar-refractivity contribution in [2.75, 3.05) is 5.32 Å². The first-order valence-corrected chi connectivity index (χ1v) is 6.19. The molecule has 0 aliphatic heterocycles. The molecule has 1 amide bonds. The van der Waals surface area contributed by atoms with Crippen LogP contribution in [0.5, 0.6) is 0 Å². The first kappa shape index (κ1) is 15.0. The molecule has 100 valence electrons. The molecule has 18 heavy (non-hydrogen) atoms. The zero-order valence-electron chi connectivity index (χ0n) is 11.0. The average molecular weight is 269 g/mol. The van der Waals surface area contributed by atoms with Crippen LogP contribution < -0.4 is 11.1 Å². The molecular weight excluding hydrogens is 248 g/mol. The Bertz CT molecular complexity index is 439. The van der Waals surface area contributed by atoms with Crippen LogP contribution in [0.3, 0.4) is 0 Å². The molecule has 1 saturated carbocycles. The summed E-state index contributed by atoms with van der Waals surface area (Å²) in [5.74, 6) is -0.0399. The largest absolute Gasteiger partial charge is 0.324 e. The number of hydrogen-bond donors (Lipinski definition) is 2. The van der Waals surface area contributed by atoms with Crippen molar-refractivity contribution in [2.24, 2.45) is 5.73 Å². The van der Waals surface area contributed by atoms with Crippen LogP contribution in [0.15, 0.2) is 18.2 Å². The molecule has 0 unspecified atom stereocenters. The Morgan fingerprint density at radius 1 is 1.28 bits per heavy atom. The summed E-state index contributed by atoms with van der Waals surface area (Å²) in [6, 6.07) is 6.01. The number of carbonyl (C=O) groups excluding carboxylic acids is 1. The average Bonchev–Trinajstić information content (AvgIpc) is 2.71. The Morgan fingerprint density at radius 3 is 2.44 bits per heavy atom. The SMILES string of the molecule is Cc1ccc(NC(=O)C2(N)CCCC2)c(C)c1.Cl. The highest BCUT2D eigenvalue weighted by Crippen LogP contribution is 2.29. The number of anilines is 1. The topological polar surface area (TPSA) is 55.1 Å². The van der Waals surface area contributed by atoms with Gasteiger partial charge in [-0.2, -0.15) is 0 Å². The van der Waals surface area contributed by atoms with Gasteiger partial charge in [0, 0.05) is 5.69 Å². The molecule has 4 heteroatoms. The van der Waals surface area contributed by atoms with E-state index in [-0.39, 0.29) is 18.3 Å². The maximum atomic E-state index is 12.1. The fraction of sp³-hybridized carbons (Fsp3) is 0.500. The van der Waals surface area contributed by atoms with Crippen molar-refractivity contribution in [1.82, 2.24) is 0 Å². The van der Waals surface area contributed by atoms with Gasteiger partial charge >= 0.3 is 0 Å². The lowest BCUT2D eigenvalue weighted by Gasteiger charge is -2.23. The van der Waals surface area contributed by atoms with E-state index >= 15 is 0 Å². The number of halogens is 1. The van der Waals surface area contributed by atoms with Crippen molar-refractivity contribution >= 4 is 24.0 Å². The minimum Gasteiger partial charge on any atom is -0.324 e. The quantitative estimate of drug-likeness (QED) is 0.866. The standard InChI is InChI=1S/C14H20N2O.ClH/c1-10-5-6-12(11(2)9-10)16-13(17)14(15)7-3-4-8-14;/h5-6,9H,3-4,7-8,15H2,1-2H3,(H,16,17);1H. The van der Waals surface area contributed by atoms with Crippen LogP contribution >= 0.6 is 12.4 Å². The second-order valence-corrected chi connectivity index (χ2v) is 5.14. The zero-order chi connectivity index (χ0) is 12.5. The fourth-order valence-corrected chi connectivity index (χ4v) is 2.43. The van der Waals surface area contributed by atoms with Gasteiger partial charge in [-0.3, -0.25) is 4.79 Å². The molecule has 3 nitrogen and oxygen atoms in total. The predicted octanol–water partition coefficient (Wildman–Crippen LogP) is 2.94. The number of nitrogens with two attached hydrogens (primary N) is 1. The van der Waals surface area contributed by atoms with Crippen molar-refractivity contribution in [3.63, 3.8) is 0 Å². The highest BCUT2D eigenvalue weighted by atomic mass is 35.5. The van der Waals surface area contributed by atoms with Gasteiger partial charge < -0.3 is 11.1 Å². The molecule has 0 saturated heterocycles. The van der Waals surface area contributed by atoms with Crippen molar-refractivity contribution < 1.29 is 4.79 Å². The predicted molar refractivity (Wildman–Crippen MR) is 77.2 cm³/mol. The van der Waals surface area contributed by atoms with E-state index in [4.69, 9.17) is 5.73 Å². The highest BCUT2D eigenvalue weighted by molar-refractivity contribution is 5.98. The molecule has 1 aromatic rings. The van der Waals surface area contributed by atoms with E-state index in [1.807, 2.05) is 26.0 Å². The summed E-state index contributed by atoms with van der Waals surface area (Å²) in [6.45, 7) is 4.04. The minimum absolute atomic E-state index is 0. The maximum absolute atomic E-state index is 12.1. The van der Waals surface area contributed by atoms with E-state index < -0.39 is 5.54 Å². The molecule has 0 heterocycles. The first-order chi connectivity index (χ1) is 8.01. The lowest BCUT2D eigenvalue weighted by atomic mass is 9.97. The van der Waals surface area contributed by atoms with Crippen molar-refractivity contribution in [2.45, 2.75) is 45.1 Å². The maximum Gasteiger partial charge on any atom is 0.244 e. The van der Waals surface area contributed by atoms with Gasteiger partial charge in [0.2, 0.25) is 5.91 Å². The number of rotatable bonds is 2. The fourth-order valence-electron chi connectivity index (χ4n) is 2.43. The summed E-state index contributed by atoms with van der Waals surface area (Å²) in [4.78, 5) is 12.1. The summed E-state index contributed by atoms with van der Waals surface area (Å²) in [5.41, 5.74) is 8.62. The number of benzene rings is 1. The number of amides is 1. The molecule has 0 bridgehead atoms. The van der Waals surface area contributed by atoms with E-state index in [1.54, 1.807) is 0 Å². The summed E-state index contributed by atoms with van der Waals surface area (Å²) < 4.78 is 0. The number of aryl methyl sites for hydroxylation is 2. The molecule has 0 atom stereocenters. The van der Waals surface area contributed by atoms with E-state index in [2.05, 4.69) is 11.4 Å². The van der Waals surface area contributed by atoms with Crippen molar-refractivity contribution in [3.8, 4) is 0 Å². The summed E-state index contributed by atoms with van der Waals surface area (Å²) in [6.07, 6.45) is 3.70. The smallest absolute Gasteiger partial charge is 0.244 e. The van der Waals surface area contributed by atoms with Crippen LogP contribution in [-0.4, -0.2) is 11.4 Å². The monoisotopic (exact) mass is 268 g/mol. The highest BCUT2D eigenvalue weighted by Gasteiger charge is 2.37. The second-order valence-electron chi connectivity index (χ2n) is 5.14. The third kappa shape index (κ3) is 3.03. The number of carbonyl (C=O) groups is 1. The van der Waals surface area contributed by atoms with Gasteiger partial charge in [-0.05, 0) is 38.3 Å². The summed E-state index contributed by atoms with van der Waals surface area (Å²) in [5, 5.41) is 2.96. The lowest BCUT2D eigenvalue weighted by molar-refractivity contribution is -0.121. The van der Waals surface area contributed by atoms with Gasteiger partial charge in [0.1, 0.15) is 0 Å². The normalized spacial score (nSPS) is 17.1. The Morgan fingerprint density at radius 2 is 1.89 bits per heavy atom. The van der Waals surface area contributed by atoms with E-state index in [0.717, 1.165) is 36.9 Å². The molecule has 3 N–H and O–H groups in total. The molecule has 2 rings (SSSR count). The summed E-state index contributed by atoms with van der Waals surface area (Å²) >= 11 is 0. The van der Waals surface area contributed by atoms with Crippen molar-refractivity contribution in [3.05, 3.63) is 29.3 Å². The van der Waals surface area contributed by atoms with Crippen LogP contribution in [0.2, 0.25) is 0 Å². The second kappa shape index (κ2) is 5.72. The third-order valence-electron chi connectivity index (χ3n) is 3.58. The van der Waals surface area contributed by atoms with Gasteiger partial charge in [0.05, 0.1) is 5.54 Å². The van der Waals surface area contributed by atoms with E-state index in [1.165, 1.54) is 5.56 Å². The Hall–Kier alpha value is -1.06. The zero-order valence-corrected chi connectivity index (χ0v) is 11.8. The summed E-state index contributed by atoms with van der Waals surface area (Å²) in [7, 11) is 0. The number of nitrogens with one attached hydrogen (secondary N) is 1. The van der Waals surface area contributed by atoms with Gasteiger partial charge in [-0.1, -0.05) is 30.5 Å². The number of hydrogen-bond acceptors (Lipinski definition) is 2. The van der Waals surface area contributed by atoms with Gasteiger partial charge in [-0.25, -0.2) is 0 Å². The Labute approximate surface area is 115 Å². The Balaban J connectivity index is 0.00000162. The van der Waals surface area contributed by atoms with Gasteiger partial charge in [-0.15, -0.1) is 12.4 Å². The molecule has 1 fully saturated rings. The lowest BCUT2D eigenvalue weighted by Crippen LogP contribution is -2.48. The Kier molecular flexibility index (Phi) is 4.77. The van der Waals surface area contributed by atoms with Crippen molar-refractivity contribution in [1.29, 1.82) is 0 Å². The van der Waals surface area contributed by atoms with Crippen LogP contribution in [0.1, 0.15) is 36.8 Å². The van der Waals surface area contributed by atoms with Crippen LogP contribution in [-0.2, 0) is 4.79 Å². The van der Waals surface area contributed by atoms with Gasteiger partial charge in [0.15, 0.2) is 0 Å². The molecule has 0 aromatic heterocycles. The van der Waals surface area contributed by atoms with Crippen LogP contribution in [0.25, 0.3) is 0 Å². The van der Waals surface area contributed by atoms with Gasteiger partial charge in [0.25, 0.3) is 0 Å². The molecule has 0 radical (unpaired) electrons. The first-order valence-electron chi connectivity index (χ1n) is 6.19. The van der Waals surface area contributed by atoms with E-state index in [9.17, 15) is 4.79 Å². The molecule has 1 aliphatic rings.